The largest absolute Gasteiger partial charge is 0.452 e. The molecule has 0 radical (unpaired) electrons. The van der Waals surface area contributed by atoms with Crippen LogP contribution < -0.4 is 0 Å². The fourth-order valence-electron chi connectivity index (χ4n) is 2.02. The summed E-state index contributed by atoms with van der Waals surface area (Å²) < 4.78 is 11.0. The number of benzene rings is 1. The Morgan fingerprint density at radius 2 is 1.96 bits per heavy atom. The van der Waals surface area contributed by atoms with E-state index < -0.39 is 5.97 Å². The van der Waals surface area contributed by atoms with Crippen LogP contribution in [0.3, 0.4) is 0 Å². The Labute approximate surface area is 146 Å². The van der Waals surface area contributed by atoms with Gasteiger partial charge in [0.2, 0.25) is 11.7 Å². The summed E-state index contributed by atoms with van der Waals surface area (Å²) in [6.45, 7) is 1.25. The molecule has 1 aromatic carbocycles. The molecule has 0 spiro atoms. The first-order chi connectivity index (χ1) is 11.5. The lowest BCUT2D eigenvalue weighted by Gasteiger charge is -2.00. The Bertz CT molecular complexity index is 885. The van der Waals surface area contributed by atoms with Crippen LogP contribution in [-0.4, -0.2) is 23.3 Å². The summed E-state index contributed by atoms with van der Waals surface area (Å²) in [5.41, 5.74) is 0.815. The monoisotopic (exact) mass is 361 g/mol. The van der Waals surface area contributed by atoms with Crippen molar-refractivity contribution in [3.63, 3.8) is 0 Å². The zero-order valence-electron chi connectivity index (χ0n) is 12.6. The van der Waals surface area contributed by atoms with Crippen molar-refractivity contribution in [3.05, 3.63) is 63.1 Å². The van der Waals surface area contributed by atoms with Crippen LogP contribution in [0, 0.1) is 6.92 Å². The van der Waals surface area contributed by atoms with Crippen LogP contribution in [0.15, 0.2) is 46.9 Å². The summed E-state index contributed by atoms with van der Waals surface area (Å²) in [6, 6.07) is 12.4. The number of hydrogen-bond donors (Lipinski definition) is 0. The number of halogens is 1. The Balaban J connectivity index is 1.69. The van der Waals surface area contributed by atoms with Gasteiger partial charge in [0, 0.05) is 5.56 Å². The highest BCUT2D eigenvalue weighted by Gasteiger charge is 2.21. The average molecular weight is 362 g/mol. The summed E-state index contributed by atoms with van der Waals surface area (Å²) in [7, 11) is 0. The Morgan fingerprint density at radius 3 is 2.62 bits per heavy atom. The summed E-state index contributed by atoms with van der Waals surface area (Å²) in [6.07, 6.45) is 0. The second-order valence-corrected chi connectivity index (χ2v) is 6.61. The first-order valence-electron chi connectivity index (χ1n) is 7.03. The Hall–Kier alpha value is -2.44. The maximum atomic E-state index is 12.1. The third-order valence-corrected chi connectivity index (χ3v) is 4.47. The minimum Gasteiger partial charge on any atom is -0.452 e. The van der Waals surface area contributed by atoms with Crippen molar-refractivity contribution in [2.24, 2.45) is 0 Å². The molecule has 2 aromatic heterocycles. The topological polar surface area (TPSA) is 69.4 Å². The molecule has 0 atom stereocenters. The van der Waals surface area contributed by atoms with Crippen LogP contribution in [0.2, 0.25) is 4.34 Å². The first kappa shape index (κ1) is 16.4. The summed E-state index contributed by atoms with van der Waals surface area (Å²) >= 11 is 6.92. The quantitative estimate of drug-likeness (QED) is 0.497. The Kier molecular flexibility index (Phi) is 4.78. The highest BCUT2D eigenvalue weighted by molar-refractivity contribution is 7.18. The predicted molar refractivity (Wildman–Crippen MR) is 90.6 cm³/mol. The summed E-state index contributed by atoms with van der Waals surface area (Å²) in [5, 5.41) is 0. The normalized spacial score (nSPS) is 10.6. The second kappa shape index (κ2) is 6.98. The van der Waals surface area contributed by atoms with Gasteiger partial charge in [0.05, 0.1) is 9.21 Å². The lowest BCUT2D eigenvalue weighted by Crippen LogP contribution is -2.14. The van der Waals surface area contributed by atoms with Gasteiger partial charge in [-0.25, -0.2) is 9.78 Å². The van der Waals surface area contributed by atoms with Crippen molar-refractivity contribution >= 4 is 34.7 Å². The van der Waals surface area contributed by atoms with Gasteiger partial charge in [-0.05, 0) is 31.2 Å². The SMILES string of the molecule is Cc1oc(-c2ccccc2)nc1C(=O)OCC(=O)c1ccc(Cl)s1. The molecule has 7 heteroatoms. The Morgan fingerprint density at radius 1 is 1.21 bits per heavy atom. The zero-order chi connectivity index (χ0) is 17.1. The van der Waals surface area contributed by atoms with Crippen LogP contribution in [0.1, 0.15) is 25.9 Å². The van der Waals surface area contributed by atoms with E-state index in [4.69, 9.17) is 20.8 Å². The summed E-state index contributed by atoms with van der Waals surface area (Å²) in [5.74, 6) is -0.346. The van der Waals surface area contributed by atoms with Crippen LogP contribution >= 0.6 is 22.9 Å². The number of ether oxygens (including phenoxy) is 1. The van der Waals surface area contributed by atoms with E-state index in [1.54, 1.807) is 19.1 Å². The summed E-state index contributed by atoms with van der Waals surface area (Å²) in [4.78, 5) is 28.7. The van der Waals surface area contributed by atoms with Crippen molar-refractivity contribution in [2.45, 2.75) is 6.92 Å². The number of rotatable bonds is 5. The molecular formula is C17H12ClNO4S. The number of esters is 1. The van der Waals surface area contributed by atoms with Crippen molar-refractivity contribution in [2.75, 3.05) is 6.61 Å². The predicted octanol–water partition coefficient (Wildman–Crippen LogP) is 4.40. The number of Topliss-reactive ketones (excluding diaryl/α,β-unsaturated/α-hetero) is 1. The number of oxazole rings is 1. The second-order valence-electron chi connectivity index (χ2n) is 4.89. The van der Waals surface area contributed by atoms with Gasteiger partial charge in [-0.15, -0.1) is 11.3 Å². The number of thiophene rings is 1. The zero-order valence-corrected chi connectivity index (χ0v) is 14.2. The first-order valence-corrected chi connectivity index (χ1v) is 8.22. The van der Waals surface area contributed by atoms with Crippen LogP contribution in [0.4, 0.5) is 0 Å². The lowest BCUT2D eigenvalue weighted by atomic mass is 10.2. The van der Waals surface area contributed by atoms with Crippen molar-refractivity contribution in [1.29, 1.82) is 0 Å². The molecule has 0 saturated heterocycles. The number of aryl methyl sites for hydroxylation is 1. The molecule has 2 heterocycles. The molecule has 3 aromatic rings. The average Bonchev–Trinajstić information content (AvgIpc) is 3.19. The van der Waals surface area contributed by atoms with Gasteiger partial charge in [-0.1, -0.05) is 29.8 Å². The lowest BCUT2D eigenvalue weighted by molar-refractivity contribution is 0.0469. The highest BCUT2D eigenvalue weighted by atomic mass is 35.5. The van der Waals surface area contributed by atoms with Crippen molar-refractivity contribution < 1.29 is 18.7 Å². The fourth-order valence-corrected chi connectivity index (χ4v) is 2.99. The molecule has 0 bridgehead atoms. The molecule has 0 amide bonds. The van der Waals surface area contributed by atoms with E-state index in [9.17, 15) is 9.59 Å². The number of nitrogens with zero attached hydrogens (tertiary/aromatic N) is 1. The minimum absolute atomic E-state index is 0.0610. The molecule has 0 unspecified atom stereocenters. The number of ketones is 1. The van der Waals surface area contributed by atoms with Crippen LogP contribution in [0.25, 0.3) is 11.5 Å². The maximum Gasteiger partial charge on any atom is 0.361 e. The number of hydrogen-bond acceptors (Lipinski definition) is 6. The maximum absolute atomic E-state index is 12.1. The molecule has 0 fully saturated rings. The molecule has 0 saturated carbocycles. The molecule has 24 heavy (non-hydrogen) atoms. The van der Waals surface area contributed by atoms with Crippen LogP contribution in [0.5, 0.6) is 0 Å². The fraction of sp³-hybridized carbons (Fsp3) is 0.118. The molecule has 5 nitrogen and oxygen atoms in total. The number of aromatic nitrogens is 1. The van der Waals surface area contributed by atoms with Gasteiger partial charge >= 0.3 is 5.97 Å². The van der Waals surface area contributed by atoms with Gasteiger partial charge < -0.3 is 9.15 Å². The van der Waals surface area contributed by atoms with Crippen LogP contribution in [-0.2, 0) is 4.74 Å². The molecule has 0 aliphatic carbocycles. The van der Waals surface area contributed by atoms with Crippen molar-refractivity contribution in [1.82, 2.24) is 4.98 Å². The van der Waals surface area contributed by atoms with Gasteiger partial charge in [0.1, 0.15) is 5.76 Å². The highest BCUT2D eigenvalue weighted by Crippen LogP contribution is 2.23. The van der Waals surface area contributed by atoms with E-state index in [1.165, 1.54) is 0 Å². The molecular weight excluding hydrogens is 350 g/mol. The number of carbonyl (C=O) groups excluding carboxylic acids is 2. The van der Waals surface area contributed by atoms with E-state index in [0.29, 0.717) is 20.9 Å². The number of carbonyl (C=O) groups is 2. The third-order valence-electron chi connectivity index (χ3n) is 3.19. The van der Waals surface area contributed by atoms with E-state index >= 15 is 0 Å². The molecule has 122 valence electrons. The van der Waals surface area contributed by atoms with E-state index in [1.807, 2.05) is 30.3 Å². The van der Waals surface area contributed by atoms with Crippen molar-refractivity contribution in [3.8, 4) is 11.5 Å². The van der Waals surface area contributed by atoms with Gasteiger partial charge in [-0.3, -0.25) is 4.79 Å². The van der Waals surface area contributed by atoms with E-state index in [0.717, 1.165) is 16.9 Å². The standard InChI is InChI=1S/C17H12ClNO4S/c1-10-15(19-16(23-10)11-5-3-2-4-6-11)17(21)22-9-12(20)13-7-8-14(18)24-13/h2-8H,9H2,1H3. The van der Waals surface area contributed by atoms with Gasteiger partial charge in [0.15, 0.2) is 12.3 Å². The molecule has 3 rings (SSSR count). The molecule has 0 aliphatic heterocycles. The third kappa shape index (κ3) is 3.55. The van der Waals surface area contributed by atoms with Gasteiger partial charge in [-0.2, -0.15) is 0 Å². The molecule has 0 N–H and O–H groups in total. The molecule has 0 aliphatic rings. The van der Waals surface area contributed by atoms with Gasteiger partial charge in [0.25, 0.3) is 0 Å². The smallest absolute Gasteiger partial charge is 0.361 e. The van der Waals surface area contributed by atoms with E-state index in [-0.39, 0.29) is 18.1 Å². The van der Waals surface area contributed by atoms with E-state index in [2.05, 4.69) is 4.98 Å². The minimum atomic E-state index is -0.700.